The van der Waals surface area contributed by atoms with Crippen LogP contribution in [-0.2, 0) is 0 Å². The van der Waals surface area contributed by atoms with E-state index in [0.29, 0.717) is 21.8 Å². The van der Waals surface area contributed by atoms with Crippen molar-refractivity contribution in [3.05, 3.63) is 74.8 Å². The third-order valence-corrected chi connectivity index (χ3v) is 6.15. The quantitative estimate of drug-likeness (QED) is 0.419. The molecule has 5 nitrogen and oxygen atoms in total. The Hall–Kier alpha value is -2.52. The summed E-state index contributed by atoms with van der Waals surface area (Å²) in [5, 5.41) is 10.2. The number of fused-ring (bicyclic) bond motifs is 1. The lowest BCUT2D eigenvalue weighted by Gasteiger charge is -2.33. The highest BCUT2D eigenvalue weighted by molar-refractivity contribution is 9.10. The number of hydrogen-bond donors (Lipinski definition) is 2. The molecule has 0 saturated heterocycles. The third-order valence-electron chi connectivity index (χ3n) is 5.21. The van der Waals surface area contributed by atoms with Crippen LogP contribution in [0.1, 0.15) is 40.1 Å². The van der Waals surface area contributed by atoms with Crippen molar-refractivity contribution in [2.45, 2.75) is 31.6 Å². The maximum absolute atomic E-state index is 13.8. The number of halogens is 5. The van der Waals surface area contributed by atoms with Gasteiger partial charge >= 0.3 is 6.18 Å². The van der Waals surface area contributed by atoms with Crippen LogP contribution in [0.5, 0.6) is 0 Å². The van der Waals surface area contributed by atoms with Crippen molar-refractivity contribution in [2.24, 2.45) is 0 Å². The Bertz CT molecular complexity index is 1130. The number of rotatable bonds is 3. The molecule has 0 radical (unpaired) electrons. The number of hydrogen-bond acceptors (Lipinski definition) is 3. The smallest absolute Gasteiger partial charge is 0.363 e. The number of benzene rings is 2. The summed E-state index contributed by atoms with van der Waals surface area (Å²) in [6.45, 7) is 1.74. The van der Waals surface area contributed by atoms with E-state index in [0.717, 1.165) is 9.15 Å². The van der Waals surface area contributed by atoms with Gasteiger partial charge in [-0.3, -0.25) is 4.79 Å². The molecule has 0 spiro atoms. The molecule has 0 saturated carbocycles. The maximum atomic E-state index is 13.8. The number of amides is 1. The van der Waals surface area contributed by atoms with Gasteiger partial charge in [-0.05, 0) is 42.3 Å². The van der Waals surface area contributed by atoms with Crippen LogP contribution >= 0.6 is 27.5 Å². The summed E-state index contributed by atoms with van der Waals surface area (Å²) in [7, 11) is 0. The van der Waals surface area contributed by atoms with Crippen LogP contribution in [0.4, 0.5) is 24.7 Å². The summed E-state index contributed by atoms with van der Waals surface area (Å²) >= 11 is 9.40. The van der Waals surface area contributed by atoms with E-state index in [-0.39, 0.29) is 17.9 Å². The Morgan fingerprint density at radius 2 is 1.97 bits per heavy atom. The van der Waals surface area contributed by atoms with E-state index in [1.165, 1.54) is 6.07 Å². The van der Waals surface area contributed by atoms with Gasteiger partial charge in [0.15, 0.2) is 11.7 Å². The highest BCUT2D eigenvalue weighted by Crippen LogP contribution is 2.43. The normalized spacial score (nSPS) is 18.3. The topological polar surface area (TPSA) is 59.0 Å². The van der Waals surface area contributed by atoms with Gasteiger partial charge in [0.25, 0.3) is 5.91 Å². The fraction of sp³-hybridized carbons (Fsp3) is 0.238. The lowest BCUT2D eigenvalue weighted by molar-refractivity contribution is -0.173. The summed E-state index contributed by atoms with van der Waals surface area (Å²) in [6, 6.07) is 11.0. The summed E-state index contributed by atoms with van der Waals surface area (Å²) in [6.07, 6.45) is -4.76. The van der Waals surface area contributed by atoms with E-state index in [4.69, 9.17) is 11.6 Å². The molecule has 2 atom stereocenters. The lowest BCUT2D eigenvalue weighted by atomic mass is 9.97. The molecule has 2 heterocycles. The molecule has 0 bridgehead atoms. The largest absolute Gasteiger partial charge is 0.410 e. The van der Waals surface area contributed by atoms with Gasteiger partial charge < -0.3 is 10.6 Å². The summed E-state index contributed by atoms with van der Waals surface area (Å²) in [5.74, 6) is -0.482. The van der Waals surface area contributed by atoms with Crippen LogP contribution in [-0.4, -0.2) is 21.9 Å². The van der Waals surface area contributed by atoms with Gasteiger partial charge in [-0.2, -0.15) is 18.3 Å². The molecule has 3 aromatic rings. The van der Waals surface area contributed by atoms with Crippen LogP contribution in [0.3, 0.4) is 0 Å². The van der Waals surface area contributed by atoms with Gasteiger partial charge in [-0.1, -0.05) is 45.7 Å². The molecule has 1 aromatic heterocycles. The van der Waals surface area contributed by atoms with Gasteiger partial charge in [-0.15, -0.1) is 0 Å². The second kappa shape index (κ2) is 8.20. The lowest BCUT2D eigenvalue weighted by Crippen LogP contribution is -2.35. The zero-order chi connectivity index (χ0) is 22.3. The standard InChI is InChI=1S/C21H17BrClF3N4O/c1-11-14(23)3-2-4-15(11)28-20(31)17-10-19-27-16(12-5-7-13(22)8-6-12)9-18(21(24,25)26)30(19)29-17/h2-8,10,16,18,27H,9H2,1H3,(H,28,31)/t16-,18+/m1/s1. The van der Waals surface area contributed by atoms with Gasteiger partial charge in [0.1, 0.15) is 5.82 Å². The summed E-state index contributed by atoms with van der Waals surface area (Å²) in [5.41, 5.74) is 1.72. The first-order valence-electron chi connectivity index (χ1n) is 9.38. The predicted molar refractivity (Wildman–Crippen MR) is 117 cm³/mol. The van der Waals surface area contributed by atoms with Gasteiger partial charge in [0, 0.05) is 27.7 Å². The average molecular weight is 514 g/mol. The van der Waals surface area contributed by atoms with Gasteiger partial charge in [-0.25, -0.2) is 4.68 Å². The predicted octanol–water partition coefficient (Wildman–Crippen LogP) is 6.52. The van der Waals surface area contributed by atoms with Crippen LogP contribution in [0.15, 0.2) is 53.0 Å². The van der Waals surface area contributed by atoms with Crippen molar-refractivity contribution >= 4 is 44.9 Å². The minimum absolute atomic E-state index is 0.118. The fourth-order valence-corrected chi connectivity index (χ4v) is 3.97. The number of aromatic nitrogens is 2. The van der Waals surface area contributed by atoms with Gasteiger partial charge in [0.05, 0.1) is 6.04 Å². The highest BCUT2D eigenvalue weighted by Gasteiger charge is 2.46. The fourth-order valence-electron chi connectivity index (χ4n) is 3.53. The van der Waals surface area contributed by atoms with Crippen molar-refractivity contribution in [1.82, 2.24) is 9.78 Å². The van der Waals surface area contributed by atoms with Crippen molar-refractivity contribution in [1.29, 1.82) is 0 Å². The minimum Gasteiger partial charge on any atom is -0.363 e. The molecule has 10 heteroatoms. The zero-order valence-electron chi connectivity index (χ0n) is 16.2. The first-order chi connectivity index (χ1) is 14.6. The number of carbonyl (C=O) groups excluding carboxylic acids is 1. The Kier molecular flexibility index (Phi) is 5.74. The van der Waals surface area contributed by atoms with E-state index in [2.05, 4.69) is 31.7 Å². The van der Waals surface area contributed by atoms with Crippen LogP contribution in [0, 0.1) is 6.92 Å². The molecular formula is C21H17BrClF3N4O. The molecule has 31 heavy (non-hydrogen) atoms. The molecule has 1 aliphatic heterocycles. The second-order valence-corrected chi connectivity index (χ2v) is 8.59. The Labute approximate surface area is 189 Å². The van der Waals surface area contributed by atoms with Gasteiger partial charge in [0.2, 0.25) is 0 Å². The molecule has 0 unspecified atom stereocenters. The molecule has 2 aromatic carbocycles. The number of alkyl halides is 3. The van der Waals surface area contributed by atoms with Crippen LogP contribution in [0.2, 0.25) is 5.02 Å². The molecule has 162 valence electrons. The number of carbonyl (C=O) groups is 1. The van der Waals surface area contributed by atoms with E-state index < -0.39 is 24.2 Å². The third kappa shape index (κ3) is 4.43. The molecule has 1 aliphatic rings. The first kappa shape index (κ1) is 21.7. The summed E-state index contributed by atoms with van der Waals surface area (Å²) in [4.78, 5) is 12.7. The Balaban J connectivity index is 1.65. The molecule has 2 N–H and O–H groups in total. The monoisotopic (exact) mass is 512 g/mol. The molecule has 1 amide bonds. The van der Waals surface area contributed by atoms with E-state index in [1.807, 2.05) is 0 Å². The second-order valence-electron chi connectivity index (χ2n) is 7.27. The van der Waals surface area contributed by atoms with Crippen molar-refractivity contribution in [3.8, 4) is 0 Å². The molecule has 0 fully saturated rings. The van der Waals surface area contributed by atoms with E-state index in [9.17, 15) is 18.0 Å². The van der Waals surface area contributed by atoms with Crippen molar-refractivity contribution in [2.75, 3.05) is 10.6 Å². The Morgan fingerprint density at radius 1 is 1.26 bits per heavy atom. The average Bonchev–Trinajstić information content (AvgIpc) is 3.14. The maximum Gasteiger partial charge on any atom is 0.410 e. The Morgan fingerprint density at radius 3 is 2.65 bits per heavy atom. The number of anilines is 2. The van der Waals surface area contributed by atoms with Crippen LogP contribution < -0.4 is 10.6 Å². The molecule has 0 aliphatic carbocycles. The number of nitrogens with one attached hydrogen (secondary N) is 2. The molecular weight excluding hydrogens is 497 g/mol. The van der Waals surface area contributed by atoms with E-state index >= 15 is 0 Å². The number of nitrogens with zero attached hydrogens (tertiary/aromatic N) is 2. The minimum atomic E-state index is -4.52. The van der Waals surface area contributed by atoms with Crippen LogP contribution in [0.25, 0.3) is 0 Å². The highest BCUT2D eigenvalue weighted by atomic mass is 79.9. The zero-order valence-corrected chi connectivity index (χ0v) is 18.5. The van der Waals surface area contributed by atoms with Crippen molar-refractivity contribution < 1.29 is 18.0 Å². The first-order valence-corrected chi connectivity index (χ1v) is 10.6. The van der Waals surface area contributed by atoms with E-state index in [1.54, 1.807) is 49.4 Å². The SMILES string of the molecule is Cc1c(Cl)cccc1NC(=O)c1cc2n(n1)[C@H](C(F)(F)F)C[C@H](c1ccc(Br)cc1)N2. The van der Waals surface area contributed by atoms with Crippen molar-refractivity contribution in [3.63, 3.8) is 0 Å². The molecule has 4 rings (SSSR count). The summed E-state index contributed by atoms with van der Waals surface area (Å²) < 4.78 is 43.1.